The lowest BCUT2D eigenvalue weighted by atomic mass is 10.2. The van der Waals surface area contributed by atoms with Crippen molar-refractivity contribution in [3.8, 4) is 5.69 Å². The maximum absolute atomic E-state index is 11.9. The van der Waals surface area contributed by atoms with E-state index in [1.165, 1.54) is 5.56 Å². The van der Waals surface area contributed by atoms with Gasteiger partial charge in [0, 0.05) is 11.4 Å². The number of hydrazone groups is 1. The number of nitrogens with zero attached hydrogens (tertiary/aromatic N) is 3. The Kier molecular flexibility index (Phi) is 5.33. The number of carbonyl (C=O) groups excluding carboxylic acids is 1. The van der Waals surface area contributed by atoms with Gasteiger partial charge in [-0.2, -0.15) is 5.10 Å². The molecule has 0 saturated heterocycles. The fourth-order valence-corrected chi connectivity index (χ4v) is 2.96. The van der Waals surface area contributed by atoms with Crippen LogP contribution in [0.5, 0.6) is 0 Å². The Balaban J connectivity index is 1.33. The molecule has 0 saturated carbocycles. The van der Waals surface area contributed by atoms with E-state index in [1.54, 1.807) is 6.21 Å². The van der Waals surface area contributed by atoms with E-state index in [-0.39, 0.29) is 12.5 Å². The fourth-order valence-electron chi connectivity index (χ4n) is 2.96. The predicted molar refractivity (Wildman–Crippen MR) is 116 cm³/mol. The molecule has 0 atom stereocenters. The second-order valence-corrected chi connectivity index (χ2v) is 6.71. The number of imidazole rings is 1. The van der Waals surface area contributed by atoms with Gasteiger partial charge in [0.2, 0.25) is 0 Å². The normalized spacial score (nSPS) is 11.1. The third-order valence-electron chi connectivity index (χ3n) is 4.53. The lowest BCUT2D eigenvalue weighted by molar-refractivity contribution is -0.119. The molecule has 0 unspecified atom stereocenters. The number of hydrogen-bond donors (Lipinski definition) is 2. The van der Waals surface area contributed by atoms with Crippen LogP contribution in [0.15, 0.2) is 84.2 Å². The Morgan fingerprint density at radius 1 is 1.03 bits per heavy atom. The zero-order valence-electron chi connectivity index (χ0n) is 16.0. The first-order chi connectivity index (χ1) is 14.2. The second kappa shape index (κ2) is 8.39. The molecule has 3 aromatic carbocycles. The number of nitrogens with one attached hydrogen (secondary N) is 2. The quantitative estimate of drug-likeness (QED) is 0.392. The number of hydrogen-bond acceptors (Lipinski definition) is 4. The molecule has 144 valence electrons. The second-order valence-electron chi connectivity index (χ2n) is 6.71. The average molecular weight is 383 g/mol. The largest absolute Gasteiger partial charge is 0.376 e. The van der Waals surface area contributed by atoms with Crippen molar-refractivity contribution in [3.63, 3.8) is 0 Å². The van der Waals surface area contributed by atoms with E-state index >= 15 is 0 Å². The zero-order valence-corrected chi connectivity index (χ0v) is 16.0. The Morgan fingerprint density at radius 3 is 2.59 bits per heavy atom. The number of fused-ring (bicyclic) bond motifs is 1. The molecule has 4 aromatic rings. The first kappa shape index (κ1) is 18.4. The molecule has 1 heterocycles. The van der Waals surface area contributed by atoms with Crippen molar-refractivity contribution in [2.24, 2.45) is 5.10 Å². The molecule has 4 rings (SSSR count). The summed E-state index contributed by atoms with van der Waals surface area (Å²) in [6, 6.07) is 23.8. The van der Waals surface area contributed by atoms with Crippen molar-refractivity contribution < 1.29 is 4.79 Å². The third-order valence-corrected chi connectivity index (χ3v) is 4.53. The smallest absolute Gasteiger partial charge is 0.259 e. The number of carbonyl (C=O) groups is 1. The van der Waals surface area contributed by atoms with Crippen LogP contribution in [0.3, 0.4) is 0 Å². The van der Waals surface area contributed by atoms with Crippen LogP contribution in [0.2, 0.25) is 0 Å². The Morgan fingerprint density at radius 2 is 1.79 bits per heavy atom. The predicted octanol–water partition coefficient (Wildman–Crippen LogP) is 3.90. The van der Waals surface area contributed by atoms with E-state index in [2.05, 4.69) is 20.8 Å². The molecule has 1 amide bonds. The number of aryl methyl sites for hydroxylation is 1. The van der Waals surface area contributed by atoms with Gasteiger partial charge in [-0.3, -0.25) is 9.36 Å². The molecule has 0 aliphatic rings. The summed E-state index contributed by atoms with van der Waals surface area (Å²) in [6.07, 6.45) is 3.44. The molecular formula is C23H21N5O. The van der Waals surface area contributed by atoms with Gasteiger partial charge in [0.05, 0.1) is 23.8 Å². The molecule has 0 fully saturated rings. The van der Waals surface area contributed by atoms with Gasteiger partial charge >= 0.3 is 0 Å². The van der Waals surface area contributed by atoms with Gasteiger partial charge in [0.1, 0.15) is 6.33 Å². The summed E-state index contributed by atoms with van der Waals surface area (Å²) in [7, 11) is 0. The molecule has 0 aliphatic carbocycles. The van der Waals surface area contributed by atoms with Crippen molar-refractivity contribution >= 4 is 28.8 Å². The van der Waals surface area contributed by atoms with Gasteiger partial charge < -0.3 is 5.32 Å². The highest BCUT2D eigenvalue weighted by atomic mass is 16.2. The first-order valence-corrected chi connectivity index (χ1v) is 9.34. The van der Waals surface area contributed by atoms with Crippen LogP contribution in [0.1, 0.15) is 11.1 Å². The molecule has 0 spiro atoms. The lowest BCUT2D eigenvalue weighted by Crippen LogP contribution is -2.25. The fraction of sp³-hybridized carbons (Fsp3) is 0.0870. The van der Waals surface area contributed by atoms with Crippen LogP contribution in [0.25, 0.3) is 16.7 Å². The molecule has 2 N–H and O–H groups in total. The summed E-state index contributed by atoms with van der Waals surface area (Å²) in [5.74, 6) is -0.205. The molecule has 0 bridgehead atoms. The number of anilines is 1. The van der Waals surface area contributed by atoms with Crippen LogP contribution in [0, 0.1) is 6.92 Å². The van der Waals surface area contributed by atoms with E-state index < -0.39 is 0 Å². The standard InChI is InChI=1S/C23H21N5O/c1-17-6-10-19(11-7-17)24-15-23(29)27-26-14-18-8-12-20(13-9-18)28-16-25-21-4-2-3-5-22(21)28/h2-14,16,24H,15H2,1H3,(H,27,29)/b26-14-. The number of para-hydroxylation sites is 2. The van der Waals surface area contributed by atoms with Crippen molar-refractivity contribution in [3.05, 3.63) is 90.3 Å². The van der Waals surface area contributed by atoms with Crippen LogP contribution in [-0.2, 0) is 4.79 Å². The van der Waals surface area contributed by atoms with Crippen molar-refractivity contribution in [1.29, 1.82) is 0 Å². The molecular weight excluding hydrogens is 362 g/mol. The van der Waals surface area contributed by atoms with Gasteiger partial charge in [0.15, 0.2) is 0 Å². The van der Waals surface area contributed by atoms with Crippen LogP contribution < -0.4 is 10.7 Å². The topological polar surface area (TPSA) is 71.3 Å². The van der Waals surface area contributed by atoms with Gasteiger partial charge in [-0.1, -0.05) is 42.0 Å². The minimum Gasteiger partial charge on any atom is -0.376 e. The molecule has 6 heteroatoms. The lowest BCUT2D eigenvalue weighted by Gasteiger charge is -2.06. The van der Waals surface area contributed by atoms with E-state index in [0.717, 1.165) is 28.0 Å². The average Bonchev–Trinajstić information content (AvgIpc) is 3.18. The Bertz CT molecular complexity index is 1140. The van der Waals surface area contributed by atoms with Gasteiger partial charge in [-0.25, -0.2) is 10.4 Å². The number of benzene rings is 3. The summed E-state index contributed by atoms with van der Waals surface area (Å²) in [5, 5.41) is 7.09. The van der Waals surface area contributed by atoms with Gasteiger partial charge in [-0.15, -0.1) is 0 Å². The molecule has 0 radical (unpaired) electrons. The van der Waals surface area contributed by atoms with E-state index in [4.69, 9.17) is 0 Å². The molecule has 1 aromatic heterocycles. The number of aromatic nitrogens is 2. The zero-order chi connectivity index (χ0) is 20.1. The van der Waals surface area contributed by atoms with Gasteiger partial charge in [0.25, 0.3) is 5.91 Å². The Hall–Kier alpha value is -3.93. The minimum atomic E-state index is -0.205. The van der Waals surface area contributed by atoms with Gasteiger partial charge in [-0.05, 0) is 48.9 Å². The maximum Gasteiger partial charge on any atom is 0.259 e. The summed E-state index contributed by atoms with van der Waals surface area (Å²) in [4.78, 5) is 16.3. The van der Waals surface area contributed by atoms with E-state index in [9.17, 15) is 4.79 Å². The SMILES string of the molecule is Cc1ccc(NCC(=O)N/N=C\c2ccc(-n3cnc4ccccc43)cc2)cc1. The highest BCUT2D eigenvalue weighted by Gasteiger charge is 2.03. The van der Waals surface area contributed by atoms with Crippen LogP contribution in [0.4, 0.5) is 5.69 Å². The van der Waals surface area contributed by atoms with Crippen LogP contribution in [-0.4, -0.2) is 28.2 Å². The monoisotopic (exact) mass is 383 g/mol. The Labute approximate surface area is 168 Å². The van der Waals surface area contributed by atoms with Crippen molar-refractivity contribution in [1.82, 2.24) is 15.0 Å². The minimum absolute atomic E-state index is 0.160. The van der Waals surface area contributed by atoms with Crippen molar-refractivity contribution in [2.45, 2.75) is 6.92 Å². The summed E-state index contributed by atoms with van der Waals surface area (Å²) >= 11 is 0. The van der Waals surface area contributed by atoms with Crippen molar-refractivity contribution in [2.75, 3.05) is 11.9 Å². The highest BCUT2D eigenvalue weighted by molar-refractivity contribution is 5.84. The third kappa shape index (κ3) is 4.50. The maximum atomic E-state index is 11.9. The first-order valence-electron chi connectivity index (χ1n) is 9.34. The molecule has 0 aliphatic heterocycles. The molecule has 6 nitrogen and oxygen atoms in total. The van der Waals surface area contributed by atoms with Crippen LogP contribution >= 0.6 is 0 Å². The highest BCUT2D eigenvalue weighted by Crippen LogP contribution is 2.17. The summed E-state index contributed by atoms with van der Waals surface area (Å²) < 4.78 is 2.04. The number of rotatable bonds is 6. The summed E-state index contributed by atoms with van der Waals surface area (Å²) in [6.45, 7) is 2.18. The summed E-state index contributed by atoms with van der Waals surface area (Å²) in [5.41, 5.74) is 8.54. The number of amides is 1. The van der Waals surface area contributed by atoms with E-state index in [1.807, 2.05) is 90.6 Å². The van der Waals surface area contributed by atoms with E-state index in [0.29, 0.717) is 0 Å². The molecule has 29 heavy (non-hydrogen) atoms.